The van der Waals surface area contributed by atoms with Crippen molar-refractivity contribution in [2.45, 2.75) is 32.2 Å². The highest BCUT2D eigenvalue weighted by Crippen LogP contribution is 2.36. The number of carbonyl (C=O) groups is 2. The van der Waals surface area contributed by atoms with Crippen LogP contribution in [-0.4, -0.2) is 31.9 Å². The van der Waals surface area contributed by atoms with Crippen LogP contribution in [0.3, 0.4) is 0 Å². The van der Waals surface area contributed by atoms with Gasteiger partial charge in [0, 0.05) is 11.8 Å². The van der Waals surface area contributed by atoms with Gasteiger partial charge in [-0.15, -0.1) is 11.3 Å². The van der Waals surface area contributed by atoms with E-state index in [0.29, 0.717) is 17.8 Å². The maximum atomic E-state index is 13.1. The topological polar surface area (TPSA) is 105 Å². The van der Waals surface area contributed by atoms with Crippen molar-refractivity contribution in [1.82, 2.24) is 20.3 Å². The first-order valence-electron chi connectivity index (χ1n) is 9.30. The van der Waals surface area contributed by atoms with Crippen LogP contribution in [0.5, 0.6) is 0 Å². The molecule has 3 rings (SSSR count). The molecule has 0 spiro atoms. The summed E-state index contributed by atoms with van der Waals surface area (Å²) in [7, 11) is 0. The van der Waals surface area contributed by atoms with Gasteiger partial charge in [-0.05, 0) is 32.0 Å². The normalized spacial score (nSPS) is 12.9. The molecule has 2 aromatic heterocycles. The molecule has 0 saturated heterocycles. The summed E-state index contributed by atoms with van der Waals surface area (Å²) in [6, 6.07) is -0.469. The fraction of sp³-hybridized carbons (Fsp3) is 0.250. The van der Waals surface area contributed by atoms with Crippen LogP contribution in [0.25, 0.3) is 10.7 Å². The molecule has 0 fully saturated rings. The van der Waals surface area contributed by atoms with Crippen molar-refractivity contribution in [2.24, 2.45) is 0 Å². The van der Waals surface area contributed by atoms with Crippen LogP contribution in [0.4, 0.5) is 26.3 Å². The fourth-order valence-electron chi connectivity index (χ4n) is 2.88. The van der Waals surface area contributed by atoms with Crippen LogP contribution in [0.2, 0.25) is 0 Å². The molecule has 0 aliphatic carbocycles. The van der Waals surface area contributed by atoms with Crippen LogP contribution in [-0.2, 0) is 12.4 Å². The van der Waals surface area contributed by atoms with Crippen LogP contribution < -0.4 is 5.32 Å². The minimum atomic E-state index is -5.11. The molecule has 3 aromatic rings. The zero-order valence-electron chi connectivity index (χ0n) is 17.2. The standard InChI is InChI=1S/C20H14F6N4O3S/c1-8-6-27-15(17-28-7-13(34-17)18(32)33)14(29-8)9(2)30-16(31)10-3-11(19(21,22)23)5-12(4-10)20(24,25)26/h3-7,9H,1-2H3,(H,30,31)(H,32,33). The van der Waals surface area contributed by atoms with Crippen LogP contribution in [0.1, 0.15) is 55.5 Å². The van der Waals surface area contributed by atoms with E-state index in [-0.39, 0.29) is 27.3 Å². The highest BCUT2D eigenvalue weighted by atomic mass is 32.1. The molecule has 0 aliphatic heterocycles. The van der Waals surface area contributed by atoms with Gasteiger partial charge in [-0.25, -0.2) is 14.8 Å². The van der Waals surface area contributed by atoms with Crippen molar-refractivity contribution in [3.8, 4) is 10.7 Å². The Balaban J connectivity index is 1.98. The lowest BCUT2D eigenvalue weighted by atomic mass is 10.0. The third-order valence-corrected chi connectivity index (χ3v) is 5.44. The number of aromatic carboxylic acids is 1. The average Bonchev–Trinajstić information content (AvgIpc) is 3.22. The fourth-order valence-corrected chi connectivity index (χ4v) is 3.64. The number of aromatic nitrogens is 3. The number of amides is 1. The van der Waals surface area contributed by atoms with Gasteiger partial charge < -0.3 is 10.4 Å². The molecule has 34 heavy (non-hydrogen) atoms. The summed E-state index contributed by atoms with van der Waals surface area (Å²) in [4.78, 5) is 36.0. The van der Waals surface area contributed by atoms with E-state index in [1.165, 1.54) is 13.1 Å². The number of hydrogen-bond donors (Lipinski definition) is 2. The SMILES string of the molecule is Cc1cnc(-c2ncc(C(=O)O)s2)c(C(C)NC(=O)c2cc(C(F)(F)F)cc(C(F)(F)F)c2)n1. The Hall–Kier alpha value is -3.55. The van der Waals surface area contributed by atoms with Crippen LogP contribution in [0, 0.1) is 6.92 Å². The molecule has 1 amide bonds. The number of rotatable bonds is 5. The second kappa shape index (κ2) is 9.00. The molecule has 0 aliphatic rings. The van der Waals surface area contributed by atoms with E-state index in [9.17, 15) is 35.9 Å². The highest BCUT2D eigenvalue weighted by molar-refractivity contribution is 7.16. The number of thiazole rings is 1. The minimum Gasteiger partial charge on any atom is -0.477 e. The van der Waals surface area contributed by atoms with Gasteiger partial charge in [-0.2, -0.15) is 26.3 Å². The smallest absolute Gasteiger partial charge is 0.416 e. The Labute approximate surface area is 191 Å². The van der Waals surface area contributed by atoms with Gasteiger partial charge in [0.2, 0.25) is 0 Å². The number of halogens is 6. The molecule has 180 valence electrons. The predicted molar refractivity (Wildman–Crippen MR) is 107 cm³/mol. The van der Waals surface area contributed by atoms with Crippen molar-refractivity contribution < 1.29 is 41.0 Å². The minimum absolute atomic E-state index is 0.0765. The van der Waals surface area contributed by atoms with Crippen LogP contribution >= 0.6 is 11.3 Å². The number of benzene rings is 1. The summed E-state index contributed by atoms with van der Waals surface area (Å²) < 4.78 is 78.6. The Kier molecular flexibility index (Phi) is 6.64. The van der Waals surface area contributed by atoms with Gasteiger partial charge >= 0.3 is 18.3 Å². The number of carbonyl (C=O) groups excluding carboxylic acids is 1. The Morgan fingerprint density at radius 2 is 1.59 bits per heavy atom. The van der Waals surface area contributed by atoms with Crippen molar-refractivity contribution >= 4 is 23.2 Å². The summed E-state index contributed by atoms with van der Waals surface area (Å²) in [6.45, 7) is 2.97. The van der Waals surface area contributed by atoms with E-state index in [2.05, 4.69) is 20.3 Å². The third kappa shape index (κ3) is 5.50. The molecule has 1 aromatic carbocycles. The first kappa shape index (κ1) is 25.1. The highest BCUT2D eigenvalue weighted by Gasteiger charge is 2.37. The zero-order valence-corrected chi connectivity index (χ0v) is 18.1. The maximum absolute atomic E-state index is 13.1. The summed E-state index contributed by atoms with van der Waals surface area (Å²) >= 11 is 0.780. The molecule has 1 atom stereocenters. The summed E-state index contributed by atoms with van der Waals surface area (Å²) in [6.07, 6.45) is -7.76. The van der Waals surface area contributed by atoms with Gasteiger partial charge in [0.05, 0.1) is 34.8 Å². The number of nitrogens with one attached hydrogen (secondary N) is 1. The average molecular weight is 504 g/mol. The Morgan fingerprint density at radius 3 is 2.09 bits per heavy atom. The van der Waals surface area contributed by atoms with E-state index in [4.69, 9.17) is 5.11 Å². The zero-order chi connectivity index (χ0) is 25.4. The second-order valence-electron chi connectivity index (χ2n) is 7.07. The number of alkyl halides is 6. The second-order valence-corrected chi connectivity index (χ2v) is 8.10. The molecular formula is C20H14F6N4O3S. The molecular weight excluding hydrogens is 490 g/mol. The van der Waals surface area contributed by atoms with E-state index in [1.807, 2.05) is 0 Å². The monoisotopic (exact) mass is 504 g/mol. The van der Waals surface area contributed by atoms with E-state index < -0.39 is 47.0 Å². The quantitative estimate of drug-likeness (QED) is 0.467. The molecule has 0 saturated carbocycles. The lowest BCUT2D eigenvalue weighted by Gasteiger charge is -2.18. The number of carboxylic acids is 1. The van der Waals surface area contributed by atoms with Crippen LogP contribution in [0.15, 0.2) is 30.6 Å². The molecule has 0 bridgehead atoms. The Morgan fingerprint density at radius 1 is 1.00 bits per heavy atom. The third-order valence-electron chi connectivity index (χ3n) is 4.45. The summed E-state index contributed by atoms with van der Waals surface area (Å²) in [5, 5.41) is 11.6. The van der Waals surface area contributed by atoms with E-state index >= 15 is 0 Å². The summed E-state index contributed by atoms with van der Waals surface area (Å²) in [5.41, 5.74) is -3.49. The van der Waals surface area contributed by atoms with E-state index in [1.54, 1.807) is 6.92 Å². The first-order valence-corrected chi connectivity index (χ1v) is 10.1. The number of aryl methyl sites for hydroxylation is 1. The lowest BCUT2D eigenvalue weighted by Crippen LogP contribution is -2.28. The van der Waals surface area contributed by atoms with Gasteiger partial charge in [-0.1, -0.05) is 0 Å². The van der Waals surface area contributed by atoms with Crippen molar-refractivity contribution in [1.29, 1.82) is 0 Å². The van der Waals surface area contributed by atoms with Gasteiger partial charge in [0.25, 0.3) is 5.91 Å². The van der Waals surface area contributed by atoms with Gasteiger partial charge in [-0.3, -0.25) is 9.78 Å². The van der Waals surface area contributed by atoms with E-state index in [0.717, 1.165) is 17.5 Å². The molecule has 7 nitrogen and oxygen atoms in total. The van der Waals surface area contributed by atoms with Crippen molar-refractivity contribution in [3.05, 3.63) is 63.5 Å². The number of hydrogen-bond acceptors (Lipinski definition) is 6. The summed E-state index contributed by atoms with van der Waals surface area (Å²) in [5.74, 6) is -2.43. The van der Waals surface area contributed by atoms with Gasteiger partial charge in [0.1, 0.15) is 15.6 Å². The predicted octanol–water partition coefficient (Wildman–Crippen LogP) is 5.14. The Bertz CT molecular complexity index is 1220. The largest absolute Gasteiger partial charge is 0.477 e. The first-order chi connectivity index (χ1) is 15.7. The molecule has 14 heteroatoms. The van der Waals surface area contributed by atoms with Gasteiger partial charge in [0.15, 0.2) is 0 Å². The molecule has 2 N–H and O–H groups in total. The number of carboxylic acid groups (broad SMARTS) is 1. The molecule has 1 unspecified atom stereocenters. The van der Waals surface area contributed by atoms with Crippen molar-refractivity contribution in [3.63, 3.8) is 0 Å². The van der Waals surface area contributed by atoms with Crippen molar-refractivity contribution in [2.75, 3.05) is 0 Å². The number of nitrogens with zero attached hydrogens (tertiary/aromatic N) is 3. The maximum Gasteiger partial charge on any atom is 0.416 e. The molecule has 0 radical (unpaired) electrons. The molecule has 2 heterocycles. The lowest BCUT2D eigenvalue weighted by molar-refractivity contribution is -0.143.